The van der Waals surface area contributed by atoms with Gasteiger partial charge in [-0.3, -0.25) is 14.2 Å². The number of pyridine rings is 1. The van der Waals surface area contributed by atoms with E-state index in [2.05, 4.69) is 19.6 Å². The van der Waals surface area contributed by atoms with E-state index < -0.39 is 23.3 Å². The monoisotopic (exact) mass is 424 g/mol. The van der Waals surface area contributed by atoms with E-state index in [4.69, 9.17) is 11.0 Å². The number of carbonyl (C=O) groups is 2. The molecule has 0 aliphatic rings. The van der Waals surface area contributed by atoms with Crippen LogP contribution in [0, 0.1) is 6.92 Å². The molecule has 2 rings (SSSR count). The molecule has 0 aliphatic heterocycles. The van der Waals surface area contributed by atoms with Gasteiger partial charge in [0.2, 0.25) is 5.88 Å². The Balaban J connectivity index is 2.60. The summed E-state index contributed by atoms with van der Waals surface area (Å²) in [7, 11) is 0. The van der Waals surface area contributed by atoms with E-state index in [1.54, 1.807) is 6.92 Å². The molecule has 0 radical (unpaired) electrons. The topological polar surface area (TPSA) is 186 Å². The molecule has 1 heterocycles. The van der Waals surface area contributed by atoms with Gasteiger partial charge in [-0.1, -0.05) is 5.04 Å². The number of rotatable bonds is 8. The highest BCUT2D eigenvalue weighted by Crippen LogP contribution is 2.30. The minimum absolute atomic E-state index is 0.00555. The fourth-order valence-electron chi connectivity index (χ4n) is 2.50. The van der Waals surface area contributed by atoms with Crippen LogP contribution in [0.2, 0.25) is 0 Å². The van der Waals surface area contributed by atoms with Gasteiger partial charge in [0.05, 0.1) is 17.6 Å². The quantitative estimate of drug-likeness (QED) is 0.214. The number of hydrogen-bond acceptors (Lipinski definition) is 10. The van der Waals surface area contributed by atoms with Crippen LogP contribution in [0.15, 0.2) is 38.1 Å². The number of amides is 1. The summed E-state index contributed by atoms with van der Waals surface area (Å²) in [6.45, 7) is 2.96. The molecule has 0 saturated heterocycles. The highest BCUT2D eigenvalue weighted by atomic mass is 32.2. The molecule has 1 aromatic carbocycles. The van der Waals surface area contributed by atoms with Crippen LogP contribution < -0.4 is 11.3 Å². The van der Waals surface area contributed by atoms with Crippen molar-refractivity contribution < 1.29 is 34.4 Å². The van der Waals surface area contributed by atoms with Crippen molar-refractivity contribution in [3.8, 4) is 5.88 Å². The molecule has 0 saturated carbocycles. The van der Waals surface area contributed by atoms with Crippen LogP contribution in [-0.2, 0) is 15.9 Å². The molecule has 1 amide bonds. The van der Waals surface area contributed by atoms with Gasteiger partial charge in [0.15, 0.2) is 5.69 Å². The molecule has 29 heavy (non-hydrogen) atoms. The maximum absolute atomic E-state index is 12.6. The van der Waals surface area contributed by atoms with Gasteiger partial charge in [-0.15, -0.1) is 14.6 Å². The van der Waals surface area contributed by atoms with Crippen molar-refractivity contribution >= 4 is 35.3 Å². The number of carbonyl (C=O) groups excluding carboxylic acids is 1. The summed E-state index contributed by atoms with van der Waals surface area (Å²) in [5.41, 5.74) is 3.63. The first kappa shape index (κ1) is 22.0. The summed E-state index contributed by atoms with van der Waals surface area (Å²) in [6.07, 6.45) is 0. The van der Waals surface area contributed by atoms with Crippen molar-refractivity contribution in [2.24, 2.45) is 16.0 Å². The van der Waals surface area contributed by atoms with Crippen LogP contribution in [0.4, 0.5) is 11.4 Å². The number of carboxylic acid groups (broad SMARTS) is 1. The first-order valence-electron chi connectivity index (χ1n) is 7.92. The maximum atomic E-state index is 12.6. The van der Waals surface area contributed by atoms with E-state index in [0.29, 0.717) is 12.0 Å². The number of hydrogen-bond donors (Lipinski definition) is 4. The highest BCUT2D eigenvalue weighted by Gasteiger charge is 2.22. The van der Waals surface area contributed by atoms with Crippen LogP contribution in [0.1, 0.15) is 33.2 Å². The number of azo groups is 1. The molecule has 1 aromatic heterocycles. The summed E-state index contributed by atoms with van der Waals surface area (Å²) in [6, 6.07) is 3.88. The average Bonchev–Trinajstić information content (AvgIpc) is 2.66. The standard InChI is InChI=1S/C16H16N4O8S/c1-3-20-14(22)11(13(17)21)7(2)12(15(20)23)19-18-10-5-4-8(29-28-27-26)6-9(10)16(24)25/h4-6,22,26H,3H2,1-2H3,(H2,17,21)(H,24,25). The molecule has 0 spiro atoms. The Labute approximate surface area is 167 Å². The van der Waals surface area contributed by atoms with Crippen molar-refractivity contribution in [3.05, 3.63) is 45.2 Å². The fourth-order valence-corrected chi connectivity index (χ4v) is 2.89. The summed E-state index contributed by atoms with van der Waals surface area (Å²) >= 11 is 0.551. The molecule has 0 fully saturated rings. The third kappa shape index (κ3) is 4.60. The van der Waals surface area contributed by atoms with Crippen LogP contribution in [0.5, 0.6) is 5.88 Å². The molecule has 12 nitrogen and oxygen atoms in total. The maximum Gasteiger partial charge on any atom is 0.338 e. The lowest BCUT2D eigenvalue weighted by molar-refractivity contribution is -0.432. The number of primary amides is 1. The van der Waals surface area contributed by atoms with Crippen LogP contribution >= 0.6 is 12.0 Å². The van der Waals surface area contributed by atoms with Crippen molar-refractivity contribution in [1.82, 2.24) is 4.57 Å². The van der Waals surface area contributed by atoms with E-state index in [0.717, 1.165) is 4.57 Å². The minimum Gasteiger partial charge on any atom is -0.494 e. The van der Waals surface area contributed by atoms with Gasteiger partial charge in [0.25, 0.3) is 11.5 Å². The number of benzene rings is 1. The van der Waals surface area contributed by atoms with E-state index >= 15 is 0 Å². The van der Waals surface area contributed by atoms with Gasteiger partial charge >= 0.3 is 5.97 Å². The molecule has 0 bridgehead atoms. The Morgan fingerprint density at radius 3 is 2.55 bits per heavy atom. The molecule has 0 unspecified atom stereocenters. The summed E-state index contributed by atoms with van der Waals surface area (Å²) in [5.74, 6) is -2.88. The number of nitrogens with two attached hydrogens (primary N) is 1. The molecule has 154 valence electrons. The van der Waals surface area contributed by atoms with E-state index in [1.165, 1.54) is 25.1 Å². The van der Waals surface area contributed by atoms with Crippen molar-refractivity contribution in [2.75, 3.05) is 0 Å². The Kier molecular flexibility index (Phi) is 7.06. The Hall–Kier alpha value is -3.26. The van der Waals surface area contributed by atoms with Crippen molar-refractivity contribution in [2.45, 2.75) is 25.3 Å². The zero-order chi connectivity index (χ0) is 21.7. The number of aromatic hydroxyl groups is 1. The Morgan fingerprint density at radius 1 is 1.31 bits per heavy atom. The lowest BCUT2D eigenvalue weighted by Crippen LogP contribution is -2.25. The summed E-state index contributed by atoms with van der Waals surface area (Å²) < 4.78 is 5.14. The molecular weight excluding hydrogens is 408 g/mol. The van der Waals surface area contributed by atoms with E-state index in [1.807, 2.05) is 0 Å². The van der Waals surface area contributed by atoms with Gasteiger partial charge in [-0.2, -0.15) is 0 Å². The molecule has 2 aromatic rings. The van der Waals surface area contributed by atoms with E-state index in [-0.39, 0.29) is 39.5 Å². The van der Waals surface area contributed by atoms with Gasteiger partial charge < -0.3 is 15.9 Å². The van der Waals surface area contributed by atoms with Gasteiger partial charge in [-0.05, 0) is 32.0 Å². The number of aromatic nitrogens is 1. The van der Waals surface area contributed by atoms with Gasteiger partial charge in [0.1, 0.15) is 11.3 Å². The third-order valence-corrected chi connectivity index (χ3v) is 4.41. The molecule has 0 atom stereocenters. The predicted octanol–water partition coefficient (Wildman–Crippen LogP) is 2.52. The molecular formula is C16H16N4O8S. The number of carboxylic acids is 1. The zero-order valence-electron chi connectivity index (χ0n) is 15.1. The number of nitrogens with zero attached hydrogens (tertiary/aromatic N) is 3. The van der Waals surface area contributed by atoms with Gasteiger partial charge in [-0.25, -0.2) is 10.1 Å². The SMILES string of the molecule is CCn1c(O)c(C(N)=O)c(C)c(N=Nc2ccc(SOOO)cc2C(=O)O)c1=O. The Bertz CT molecular complexity index is 1050. The fraction of sp³-hybridized carbons (Fsp3) is 0.188. The normalized spacial score (nSPS) is 11.1. The second-order valence-electron chi connectivity index (χ2n) is 5.50. The van der Waals surface area contributed by atoms with Crippen LogP contribution in [0.25, 0.3) is 0 Å². The third-order valence-electron chi connectivity index (χ3n) is 3.84. The van der Waals surface area contributed by atoms with Crippen LogP contribution in [-0.4, -0.2) is 31.9 Å². The van der Waals surface area contributed by atoms with E-state index in [9.17, 15) is 24.6 Å². The first-order chi connectivity index (χ1) is 13.7. The van der Waals surface area contributed by atoms with Gasteiger partial charge in [0, 0.05) is 17.0 Å². The van der Waals surface area contributed by atoms with Crippen LogP contribution in [0.3, 0.4) is 0 Å². The summed E-state index contributed by atoms with van der Waals surface area (Å²) in [4.78, 5) is 36.0. The second-order valence-corrected chi connectivity index (χ2v) is 6.27. The lowest BCUT2D eigenvalue weighted by atomic mass is 10.1. The average molecular weight is 424 g/mol. The minimum atomic E-state index is -1.34. The zero-order valence-corrected chi connectivity index (χ0v) is 16.0. The Morgan fingerprint density at radius 2 is 2.00 bits per heavy atom. The molecule has 13 heteroatoms. The first-order valence-corrected chi connectivity index (χ1v) is 8.67. The summed E-state index contributed by atoms with van der Waals surface area (Å²) in [5, 5.41) is 38.7. The lowest BCUT2D eigenvalue weighted by Gasteiger charge is -2.13. The largest absolute Gasteiger partial charge is 0.494 e. The highest BCUT2D eigenvalue weighted by molar-refractivity contribution is 7.94. The number of aromatic carboxylic acids is 1. The smallest absolute Gasteiger partial charge is 0.338 e. The van der Waals surface area contributed by atoms with Crippen molar-refractivity contribution in [3.63, 3.8) is 0 Å². The molecule has 0 aliphatic carbocycles. The second kappa shape index (κ2) is 9.29. The predicted molar refractivity (Wildman–Crippen MR) is 99.5 cm³/mol. The van der Waals surface area contributed by atoms with Crippen molar-refractivity contribution in [1.29, 1.82) is 0 Å². The molecule has 5 N–H and O–H groups in total.